The third-order valence-corrected chi connectivity index (χ3v) is 2.75. The summed E-state index contributed by atoms with van der Waals surface area (Å²) in [5, 5.41) is 10.2. The summed E-state index contributed by atoms with van der Waals surface area (Å²) in [5.74, 6) is 0. The van der Waals surface area contributed by atoms with Crippen molar-refractivity contribution < 1.29 is 5.11 Å². The quantitative estimate of drug-likeness (QED) is 0.522. The van der Waals surface area contributed by atoms with Gasteiger partial charge in [-0.05, 0) is 0 Å². The van der Waals surface area contributed by atoms with Crippen molar-refractivity contribution in [3.8, 4) is 0 Å². The Morgan fingerprint density at radius 3 is 1.27 bits per heavy atom. The van der Waals surface area contributed by atoms with Gasteiger partial charge >= 0.3 is 0 Å². The van der Waals surface area contributed by atoms with E-state index in [1.807, 2.05) is 0 Å². The second-order valence-corrected chi connectivity index (χ2v) is 4.24. The van der Waals surface area contributed by atoms with Gasteiger partial charge in [0.1, 0.15) is 0 Å². The second kappa shape index (κ2) is 16.4. The molecule has 0 atom stereocenters. The fraction of sp³-hybridized carbons (Fsp3) is 1.00. The summed E-state index contributed by atoms with van der Waals surface area (Å²) in [5.41, 5.74) is 0. The molecule has 0 saturated carbocycles. The number of rotatable bonds is 11. The molecule has 0 aliphatic rings. The Morgan fingerprint density at radius 2 is 0.933 bits per heavy atom. The van der Waals surface area contributed by atoms with Crippen molar-refractivity contribution in [2.45, 2.75) is 77.6 Å². The first-order valence-electron chi connectivity index (χ1n) is 6.50. The lowest BCUT2D eigenvalue weighted by molar-refractivity contribution is -0.368. The number of hydrogen-bond donors (Lipinski definition) is 1. The zero-order valence-corrected chi connectivity index (χ0v) is 10.9. The van der Waals surface area contributed by atoms with Crippen molar-refractivity contribution in [1.29, 1.82) is 0 Å². The van der Waals surface area contributed by atoms with Gasteiger partial charge in [0.25, 0.3) is 0 Å². The Kier molecular flexibility index (Phi) is 18.9. The summed E-state index contributed by atoms with van der Waals surface area (Å²) in [4.78, 5) is 0. The Morgan fingerprint density at radius 1 is 0.600 bits per heavy atom. The largest absolute Gasteiger partial charge is 0.854 e. The van der Waals surface area contributed by atoms with Gasteiger partial charge in [-0.3, -0.25) is 0 Å². The zero-order valence-electron chi connectivity index (χ0n) is 10.9. The Labute approximate surface area is 96.0 Å². The standard InChI is InChI=1S/C13H27O.H3N/c1-2-3-4-5-6-7-8-9-10-11-12-13-14;/h2-13H2,1H3;1H3/q-1;/p+1. The van der Waals surface area contributed by atoms with Gasteiger partial charge in [-0.25, -0.2) is 0 Å². The third-order valence-electron chi connectivity index (χ3n) is 2.75. The van der Waals surface area contributed by atoms with Crippen LogP contribution < -0.4 is 11.3 Å². The molecular formula is C13H31NO. The first-order valence-corrected chi connectivity index (χ1v) is 6.50. The molecular weight excluding hydrogens is 186 g/mol. The van der Waals surface area contributed by atoms with Gasteiger partial charge in [0.15, 0.2) is 0 Å². The molecule has 0 aliphatic carbocycles. The van der Waals surface area contributed by atoms with Crippen molar-refractivity contribution in [3.63, 3.8) is 0 Å². The van der Waals surface area contributed by atoms with Gasteiger partial charge in [-0.1, -0.05) is 77.6 Å². The molecule has 94 valence electrons. The van der Waals surface area contributed by atoms with Crippen molar-refractivity contribution in [2.24, 2.45) is 0 Å². The number of hydrogen-bond acceptors (Lipinski definition) is 1. The topological polar surface area (TPSA) is 59.6 Å². The predicted octanol–water partition coefficient (Wildman–Crippen LogP) is 4.03. The molecule has 2 nitrogen and oxygen atoms in total. The molecule has 0 spiro atoms. The van der Waals surface area contributed by atoms with Crippen molar-refractivity contribution >= 4 is 0 Å². The van der Waals surface area contributed by atoms with Gasteiger partial charge in [-0.15, -0.1) is 6.61 Å². The van der Waals surface area contributed by atoms with E-state index >= 15 is 0 Å². The lowest BCUT2D eigenvalue weighted by atomic mass is 10.1. The lowest BCUT2D eigenvalue weighted by Gasteiger charge is -2.03. The van der Waals surface area contributed by atoms with E-state index in [0.29, 0.717) is 0 Å². The highest BCUT2D eigenvalue weighted by Gasteiger charge is 1.91. The van der Waals surface area contributed by atoms with E-state index < -0.39 is 0 Å². The molecule has 2 heteroatoms. The minimum Gasteiger partial charge on any atom is -0.854 e. The second-order valence-electron chi connectivity index (χ2n) is 4.24. The van der Waals surface area contributed by atoms with Gasteiger partial charge in [-0.2, -0.15) is 0 Å². The molecule has 0 radical (unpaired) electrons. The number of quaternary nitrogens is 1. The Bertz CT molecular complexity index is 84.5. The van der Waals surface area contributed by atoms with E-state index in [-0.39, 0.29) is 12.8 Å². The first-order chi connectivity index (χ1) is 6.91. The van der Waals surface area contributed by atoms with Crippen LogP contribution in [0.5, 0.6) is 0 Å². The van der Waals surface area contributed by atoms with E-state index in [2.05, 4.69) is 6.92 Å². The van der Waals surface area contributed by atoms with Crippen LogP contribution in [-0.2, 0) is 0 Å². The van der Waals surface area contributed by atoms with Gasteiger partial charge < -0.3 is 11.3 Å². The molecule has 0 unspecified atom stereocenters. The van der Waals surface area contributed by atoms with Crippen LogP contribution >= 0.6 is 0 Å². The molecule has 0 bridgehead atoms. The highest BCUT2D eigenvalue weighted by Crippen LogP contribution is 2.10. The maximum absolute atomic E-state index is 10.2. The van der Waals surface area contributed by atoms with Crippen molar-refractivity contribution in [1.82, 2.24) is 6.15 Å². The smallest absolute Gasteiger partial charge is 0.0533 e. The molecule has 4 N–H and O–H groups in total. The zero-order chi connectivity index (χ0) is 10.5. The minimum atomic E-state index is 0. The Hall–Kier alpha value is -0.0800. The van der Waals surface area contributed by atoms with Crippen molar-refractivity contribution in [2.75, 3.05) is 6.61 Å². The summed E-state index contributed by atoms with van der Waals surface area (Å²) < 4.78 is 0. The molecule has 0 aromatic heterocycles. The van der Waals surface area contributed by atoms with Crippen molar-refractivity contribution in [3.05, 3.63) is 0 Å². The Balaban J connectivity index is 0. The molecule has 0 saturated heterocycles. The molecule has 0 rings (SSSR count). The van der Waals surface area contributed by atoms with Crippen LogP contribution in [0.1, 0.15) is 77.6 Å². The third kappa shape index (κ3) is 16.6. The average Bonchev–Trinajstić information content (AvgIpc) is 2.21. The van der Waals surface area contributed by atoms with Crippen LogP contribution in [0.4, 0.5) is 0 Å². The van der Waals surface area contributed by atoms with Gasteiger partial charge in [0, 0.05) is 0 Å². The van der Waals surface area contributed by atoms with E-state index in [1.165, 1.54) is 57.8 Å². The van der Waals surface area contributed by atoms with Crippen LogP contribution in [0.3, 0.4) is 0 Å². The molecule has 0 fully saturated rings. The van der Waals surface area contributed by atoms with E-state index in [4.69, 9.17) is 0 Å². The van der Waals surface area contributed by atoms with Crippen LogP contribution in [0, 0.1) is 0 Å². The fourth-order valence-electron chi connectivity index (χ4n) is 1.77. The predicted molar refractivity (Wildman–Crippen MR) is 67.3 cm³/mol. The molecule has 0 aromatic rings. The summed E-state index contributed by atoms with van der Waals surface area (Å²) in [6.45, 7) is 2.38. The van der Waals surface area contributed by atoms with E-state index in [0.717, 1.165) is 12.8 Å². The molecule has 15 heavy (non-hydrogen) atoms. The van der Waals surface area contributed by atoms with Crippen LogP contribution in [0.15, 0.2) is 0 Å². The fourth-order valence-corrected chi connectivity index (χ4v) is 1.77. The maximum Gasteiger partial charge on any atom is -0.0533 e. The highest BCUT2D eigenvalue weighted by atomic mass is 16.2. The summed E-state index contributed by atoms with van der Waals surface area (Å²) >= 11 is 0. The van der Waals surface area contributed by atoms with Crippen LogP contribution in [-0.4, -0.2) is 6.61 Å². The minimum absolute atomic E-state index is 0. The summed E-state index contributed by atoms with van der Waals surface area (Å²) in [7, 11) is 0. The monoisotopic (exact) mass is 217 g/mol. The van der Waals surface area contributed by atoms with E-state index in [9.17, 15) is 5.11 Å². The van der Waals surface area contributed by atoms with Crippen LogP contribution in [0.2, 0.25) is 0 Å². The maximum atomic E-state index is 10.2. The van der Waals surface area contributed by atoms with Gasteiger partial charge in [0.05, 0.1) is 0 Å². The SMILES string of the molecule is CCCCCCCCCCCCC[O-].[NH4+]. The average molecular weight is 217 g/mol. The van der Waals surface area contributed by atoms with Gasteiger partial charge in [0.2, 0.25) is 0 Å². The lowest BCUT2D eigenvalue weighted by Crippen LogP contribution is -2.04. The first kappa shape index (κ1) is 17.3. The summed E-state index contributed by atoms with van der Waals surface area (Å²) in [6.07, 6.45) is 14.5. The number of unbranched alkanes of at least 4 members (excludes halogenated alkanes) is 10. The molecule has 0 aliphatic heterocycles. The highest BCUT2D eigenvalue weighted by molar-refractivity contribution is 4.47. The van der Waals surface area contributed by atoms with Crippen LogP contribution in [0.25, 0.3) is 0 Å². The molecule has 0 aromatic carbocycles. The molecule has 0 heterocycles. The summed E-state index contributed by atoms with van der Waals surface area (Å²) in [6, 6.07) is 0. The van der Waals surface area contributed by atoms with E-state index in [1.54, 1.807) is 0 Å². The normalized spacial score (nSPS) is 10.0. The molecule has 0 amide bonds.